The number of sulfonamides is 1. The van der Waals surface area contributed by atoms with Crippen molar-refractivity contribution in [3.05, 3.63) is 59.1 Å². The highest BCUT2D eigenvalue weighted by Crippen LogP contribution is 2.21. The van der Waals surface area contributed by atoms with E-state index in [1.165, 1.54) is 15.9 Å². The zero-order valence-electron chi connectivity index (χ0n) is 16.6. The molecule has 6 nitrogen and oxygen atoms in total. The van der Waals surface area contributed by atoms with Gasteiger partial charge in [0.05, 0.1) is 11.4 Å². The van der Waals surface area contributed by atoms with Crippen LogP contribution in [0.4, 0.5) is 5.69 Å². The summed E-state index contributed by atoms with van der Waals surface area (Å²) in [6.45, 7) is 6.16. The van der Waals surface area contributed by atoms with Crippen molar-refractivity contribution in [3.8, 4) is 0 Å². The van der Waals surface area contributed by atoms with Crippen molar-refractivity contribution >= 4 is 33.2 Å². The van der Waals surface area contributed by atoms with E-state index in [1.807, 2.05) is 29.2 Å². The van der Waals surface area contributed by atoms with Crippen LogP contribution in [-0.2, 0) is 14.8 Å². The van der Waals surface area contributed by atoms with Crippen molar-refractivity contribution in [1.29, 1.82) is 0 Å². The molecule has 1 aliphatic rings. The maximum Gasteiger partial charge on any atom is 0.243 e. The quantitative estimate of drug-likeness (QED) is 0.754. The fraction of sp³-hybridized carbons (Fsp3) is 0.381. The Labute approximate surface area is 177 Å². The smallest absolute Gasteiger partial charge is 0.243 e. The first-order chi connectivity index (χ1) is 13.8. The lowest BCUT2D eigenvalue weighted by Crippen LogP contribution is -2.50. The van der Waals surface area contributed by atoms with Crippen LogP contribution in [0.5, 0.6) is 0 Å². The molecular formula is C21H26ClN3O3S. The molecule has 0 unspecified atom stereocenters. The molecule has 0 atom stereocenters. The van der Waals surface area contributed by atoms with Gasteiger partial charge in [0.15, 0.2) is 0 Å². The van der Waals surface area contributed by atoms with Gasteiger partial charge in [0, 0.05) is 36.9 Å². The molecule has 0 radical (unpaired) electrons. The Bertz CT molecular complexity index is 953. The number of amides is 1. The van der Waals surface area contributed by atoms with E-state index in [0.29, 0.717) is 37.1 Å². The van der Waals surface area contributed by atoms with E-state index in [-0.39, 0.29) is 17.3 Å². The number of carbonyl (C=O) groups excluding carboxylic acids is 1. The van der Waals surface area contributed by atoms with Crippen molar-refractivity contribution in [2.75, 3.05) is 38.0 Å². The van der Waals surface area contributed by atoms with E-state index >= 15 is 0 Å². The number of piperazine rings is 1. The minimum absolute atomic E-state index is 0.103. The SMILES string of the molecule is CC(C)c1ccc(NC(=O)CN2CCN(S(=O)(=O)c3cccc(Cl)c3)CC2)cc1. The Balaban J connectivity index is 1.52. The normalized spacial score (nSPS) is 16.1. The van der Waals surface area contributed by atoms with E-state index in [1.54, 1.807) is 18.2 Å². The molecule has 1 heterocycles. The highest BCUT2D eigenvalue weighted by molar-refractivity contribution is 7.89. The van der Waals surface area contributed by atoms with E-state index in [9.17, 15) is 13.2 Å². The molecule has 0 bridgehead atoms. The summed E-state index contributed by atoms with van der Waals surface area (Å²) in [6, 6.07) is 14.1. The van der Waals surface area contributed by atoms with Gasteiger partial charge >= 0.3 is 0 Å². The number of hydrogen-bond acceptors (Lipinski definition) is 4. The van der Waals surface area contributed by atoms with Crippen molar-refractivity contribution in [3.63, 3.8) is 0 Å². The number of benzene rings is 2. The van der Waals surface area contributed by atoms with Crippen LogP contribution in [-0.4, -0.2) is 56.3 Å². The van der Waals surface area contributed by atoms with E-state index in [0.717, 1.165) is 5.69 Å². The van der Waals surface area contributed by atoms with Crippen LogP contribution in [0.1, 0.15) is 25.3 Å². The predicted molar refractivity (Wildman–Crippen MR) is 116 cm³/mol. The van der Waals surface area contributed by atoms with E-state index in [2.05, 4.69) is 19.2 Å². The van der Waals surface area contributed by atoms with Crippen LogP contribution < -0.4 is 5.32 Å². The van der Waals surface area contributed by atoms with Gasteiger partial charge in [0.25, 0.3) is 0 Å². The molecule has 0 aliphatic carbocycles. The van der Waals surface area contributed by atoms with Gasteiger partial charge in [-0.25, -0.2) is 8.42 Å². The lowest BCUT2D eigenvalue weighted by atomic mass is 10.0. The molecule has 1 aliphatic heterocycles. The second-order valence-electron chi connectivity index (χ2n) is 7.46. The Morgan fingerprint density at radius 1 is 1.07 bits per heavy atom. The summed E-state index contributed by atoms with van der Waals surface area (Å²) in [5, 5.41) is 3.29. The summed E-state index contributed by atoms with van der Waals surface area (Å²) >= 11 is 5.93. The minimum Gasteiger partial charge on any atom is -0.325 e. The number of rotatable bonds is 6. The second kappa shape index (κ2) is 9.26. The van der Waals surface area contributed by atoms with Crippen LogP contribution in [0.3, 0.4) is 0 Å². The Morgan fingerprint density at radius 2 is 1.72 bits per heavy atom. The van der Waals surface area contributed by atoms with Crippen LogP contribution in [0.25, 0.3) is 0 Å². The average molecular weight is 436 g/mol. The molecule has 8 heteroatoms. The number of anilines is 1. The monoisotopic (exact) mass is 435 g/mol. The van der Waals surface area contributed by atoms with Gasteiger partial charge < -0.3 is 5.32 Å². The topological polar surface area (TPSA) is 69.7 Å². The number of carbonyl (C=O) groups is 1. The average Bonchev–Trinajstić information content (AvgIpc) is 2.68. The van der Waals surface area contributed by atoms with Crippen molar-refractivity contribution in [2.24, 2.45) is 0 Å². The molecule has 156 valence electrons. The molecule has 3 rings (SSSR count). The molecule has 1 amide bonds. The van der Waals surface area contributed by atoms with Crippen LogP contribution >= 0.6 is 11.6 Å². The van der Waals surface area contributed by atoms with Crippen LogP contribution in [0, 0.1) is 0 Å². The second-order valence-corrected chi connectivity index (χ2v) is 9.84. The summed E-state index contributed by atoms with van der Waals surface area (Å²) in [6.07, 6.45) is 0. The third-order valence-corrected chi connectivity index (χ3v) is 7.12. The molecule has 0 aromatic heterocycles. The summed E-state index contributed by atoms with van der Waals surface area (Å²) in [5.41, 5.74) is 1.99. The van der Waals surface area contributed by atoms with E-state index in [4.69, 9.17) is 11.6 Å². The highest BCUT2D eigenvalue weighted by atomic mass is 35.5. The summed E-state index contributed by atoms with van der Waals surface area (Å²) in [7, 11) is -3.57. The maximum atomic E-state index is 12.8. The van der Waals surface area contributed by atoms with Gasteiger partial charge in [-0.2, -0.15) is 4.31 Å². The third-order valence-electron chi connectivity index (χ3n) is 4.99. The van der Waals surface area contributed by atoms with Gasteiger partial charge in [-0.15, -0.1) is 0 Å². The Hall–Kier alpha value is -1.93. The van der Waals surface area contributed by atoms with Gasteiger partial charge in [-0.05, 0) is 41.8 Å². The maximum absolute atomic E-state index is 12.8. The molecule has 0 spiro atoms. The molecule has 1 N–H and O–H groups in total. The van der Waals surface area contributed by atoms with Crippen molar-refractivity contribution in [1.82, 2.24) is 9.21 Å². The zero-order valence-corrected chi connectivity index (χ0v) is 18.2. The Kier molecular flexibility index (Phi) is 6.95. The molecule has 2 aromatic rings. The minimum atomic E-state index is -3.57. The fourth-order valence-electron chi connectivity index (χ4n) is 3.26. The lowest BCUT2D eigenvalue weighted by Gasteiger charge is -2.33. The van der Waals surface area contributed by atoms with Gasteiger partial charge in [0.2, 0.25) is 15.9 Å². The van der Waals surface area contributed by atoms with Gasteiger partial charge in [-0.3, -0.25) is 9.69 Å². The number of halogens is 1. The van der Waals surface area contributed by atoms with E-state index < -0.39 is 10.0 Å². The predicted octanol–water partition coefficient (Wildman–Crippen LogP) is 3.41. The fourth-order valence-corrected chi connectivity index (χ4v) is 4.98. The molecule has 2 aromatic carbocycles. The van der Waals surface area contributed by atoms with Crippen LogP contribution in [0.15, 0.2) is 53.4 Å². The standard InChI is InChI=1S/C21H26ClN3O3S/c1-16(2)17-6-8-19(9-7-17)23-21(26)15-24-10-12-25(13-11-24)29(27,28)20-5-3-4-18(22)14-20/h3-9,14,16H,10-13,15H2,1-2H3,(H,23,26). The van der Waals surface area contributed by atoms with Crippen molar-refractivity contribution < 1.29 is 13.2 Å². The Morgan fingerprint density at radius 3 is 2.31 bits per heavy atom. The van der Waals surface area contributed by atoms with Gasteiger partial charge in [-0.1, -0.05) is 43.6 Å². The molecule has 29 heavy (non-hydrogen) atoms. The molecule has 0 saturated carbocycles. The van der Waals surface area contributed by atoms with Gasteiger partial charge in [0.1, 0.15) is 0 Å². The first-order valence-corrected chi connectivity index (χ1v) is 11.5. The summed E-state index contributed by atoms with van der Waals surface area (Å²) in [5.74, 6) is 0.340. The third kappa shape index (κ3) is 5.57. The number of hydrogen-bond donors (Lipinski definition) is 1. The molecular weight excluding hydrogens is 410 g/mol. The lowest BCUT2D eigenvalue weighted by molar-refractivity contribution is -0.117. The number of nitrogens with zero attached hydrogens (tertiary/aromatic N) is 2. The summed E-state index contributed by atoms with van der Waals surface area (Å²) < 4.78 is 27.0. The van der Waals surface area contributed by atoms with Crippen molar-refractivity contribution in [2.45, 2.75) is 24.7 Å². The first kappa shape index (κ1) is 21.8. The zero-order chi connectivity index (χ0) is 21.0. The molecule has 1 saturated heterocycles. The summed E-state index contributed by atoms with van der Waals surface area (Å²) in [4.78, 5) is 14.5. The number of nitrogens with one attached hydrogen (secondary N) is 1. The van der Waals surface area contributed by atoms with Crippen LogP contribution in [0.2, 0.25) is 5.02 Å². The highest BCUT2D eigenvalue weighted by Gasteiger charge is 2.29. The first-order valence-electron chi connectivity index (χ1n) is 9.63. The molecule has 1 fully saturated rings. The largest absolute Gasteiger partial charge is 0.325 e.